The lowest BCUT2D eigenvalue weighted by molar-refractivity contribution is -0.389. The average molecular weight is 392 g/mol. The first-order valence-corrected chi connectivity index (χ1v) is 8.12. The van der Waals surface area contributed by atoms with Crippen LogP contribution in [0.3, 0.4) is 0 Å². The Morgan fingerprint density at radius 3 is 2.77 bits per heavy atom. The summed E-state index contributed by atoms with van der Waals surface area (Å²) >= 11 is 11.8. The Labute approximate surface area is 157 Å². The maximum absolute atomic E-state index is 12.2. The molecular formula is C17H11Cl2N3O4. The maximum atomic E-state index is 12.2. The molecule has 0 saturated carbocycles. The molecule has 0 radical (unpaired) electrons. The molecule has 1 aromatic carbocycles. The predicted molar refractivity (Wildman–Crippen MR) is 96.5 cm³/mol. The van der Waals surface area contributed by atoms with Gasteiger partial charge in [-0.15, -0.1) is 0 Å². The lowest BCUT2D eigenvalue weighted by atomic mass is 10.1. The van der Waals surface area contributed by atoms with Crippen molar-refractivity contribution in [1.29, 1.82) is 0 Å². The average Bonchev–Trinajstić information content (AvgIpc) is 3.22. The molecule has 132 valence electrons. The van der Waals surface area contributed by atoms with Crippen LogP contribution in [-0.4, -0.2) is 20.5 Å². The summed E-state index contributed by atoms with van der Waals surface area (Å²) in [5, 5.41) is 15.2. The number of carbonyl (C=O) groups excluding carboxylic acids is 1. The Bertz CT molecular complexity index is 1010. The molecule has 9 heteroatoms. The van der Waals surface area contributed by atoms with Crippen molar-refractivity contribution in [2.45, 2.75) is 6.54 Å². The van der Waals surface area contributed by atoms with Crippen LogP contribution in [0.25, 0.3) is 6.08 Å². The minimum atomic E-state index is -0.569. The first-order chi connectivity index (χ1) is 12.4. The third kappa shape index (κ3) is 4.19. The van der Waals surface area contributed by atoms with Crippen LogP contribution < -0.4 is 0 Å². The van der Waals surface area contributed by atoms with Crippen LogP contribution in [0.1, 0.15) is 21.9 Å². The van der Waals surface area contributed by atoms with Crippen molar-refractivity contribution in [3.8, 4) is 0 Å². The number of aromatic nitrogens is 2. The molecule has 0 aliphatic rings. The minimum Gasteiger partial charge on any atom is -0.460 e. The summed E-state index contributed by atoms with van der Waals surface area (Å²) in [5.41, 5.74) is 0.336. The second kappa shape index (κ2) is 7.55. The van der Waals surface area contributed by atoms with Gasteiger partial charge in [-0.3, -0.25) is 4.79 Å². The first kappa shape index (κ1) is 17.9. The summed E-state index contributed by atoms with van der Waals surface area (Å²) in [5.74, 6) is 0.481. The van der Waals surface area contributed by atoms with Crippen LogP contribution >= 0.6 is 23.2 Å². The Kier molecular flexibility index (Phi) is 5.20. The zero-order valence-corrected chi connectivity index (χ0v) is 14.6. The van der Waals surface area contributed by atoms with Crippen LogP contribution in [-0.2, 0) is 6.54 Å². The largest absolute Gasteiger partial charge is 0.460 e. The highest BCUT2D eigenvalue weighted by molar-refractivity contribution is 6.37. The Morgan fingerprint density at radius 2 is 2.08 bits per heavy atom. The van der Waals surface area contributed by atoms with E-state index in [2.05, 4.69) is 5.10 Å². The molecule has 0 spiro atoms. The highest BCUT2D eigenvalue weighted by atomic mass is 35.5. The van der Waals surface area contributed by atoms with Gasteiger partial charge in [-0.05, 0) is 47.4 Å². The van der Waals surface area contributed by atoms with Crippen molar-refractivity contribution in [2.75, 3.05) is 0 Å². The third-order valence-corrected chi connectivity index (χ3v) is 3.96. The second-order valence-electron chi connectivity index (χ2n) is 5.25. The number of nitro groups is 1. The smallest absolute Gasteiger partial charge is 0.389 e. The van der Waals surface area contributed by atoms with Crippen molar-refractivity contribution in [2.24, 2.45) is 0 Å². The summed E-state index contributed by atoms with van der Waals surface area (Å²) in [6, 6.07) is 9.32. The van der Waals surface area contributed by atoms with Crippen LogP contribution in [0, 0.1) is 10.1 Å². The van der Waals surface area contributed by atoms with E-state index in [-0.39, 0.29) is 23.2 Å². The molecule has 2 aromatic heterocycles. The topological polar surface area (TPSA) is 91.2 Å². The molecule has 0 fully saturated rings. The molecule has 3 aromatic rings. The van der Waals surface area contributed by atoms with E-state index < -0.39 is 4.92 Å². The van der Waals surface area contributed by atoms with Crippen molar-refractivity contribution in [1.82, 2.24) is 9.78 Å². The molecule has 0 saturated heterocycles. The van der Waals surface area contributed by atoms with E-state index in [0.29, 0.717) is 22.1 Å². The van der Waals surface area contributed by atoms with E-state index in [1.54, 1.807) is 24.3 Å². The van der Waals surface area contributed by atoms with E-state index in [4.69, 9.17) is 27.6 Å². The van der Waals surface area contributed by atoms with E-state index in [0.717, 1.165) is 0 Å². The molecule has 0 atom stereocenters. The number of hydrogen-bond acceptors (Lipinski definition) is 5. The van der Waals surface area contributed by atoms with Crippen molar-refractivity contribution in [3.63, 3.8) is 0 Å². The van der Waals surface area contributed by atoms with Gasteiger partial charge in [0, 0.05) is 10.6 Å². The fourth-order valence-electron chi connectivity index (χ4n) is 2.20. The Hall–Kier alpha value is -2.90. The number of ketones is 1. The lowest BCUT2D eigenvalue weighted by Gasteiger charge is -1.99. The third-order valence-electron chi connectivity index (χ3n) is 3.41. The van der Waals surface area contributed by atoms with Gasteiger partial charge in [-0.1, -0.05) is 23.2 Å². The number of nitrogens with zero attached hydrogens (tertiary/aromatic N) is 3. The first-order valence-electron chi connectivity index (χ1n) is 7.36. The summed E-state index contributed by atoms with van der Waals surface area (Å²) < 4.78 is 6.96. The monoisotopic (exact) mass is 391 g/mol. The van der Waals surface area contributed by atoms with Gasteiger partial charge in [0.15, 0.2) is 5.78 Å². The molecule has 2 heterocycles. The molecule has 0 unspecified atom stereocenters. The normalized spacial score (nSPS) is 11.2. The molecule has 0 bridgehead atoms. The van der Waals surface area contributed by atoms with Crippen LogP contribution in [0.5, 0.6) is 0 Å². The van der Waals surface area contributed by atoms with Gasteiger partial charge >= 0.3 is 5.82 Å². The summed E-state index contributed by atoms with van der Waals surface area (Å²) in [6.07, 6.45) is 4.35. The van der Waals surface area contributed by atoms with Gasteiger partial charge in [0.1, 0.15) is 18.1 Å². The van der Waals surface area contributed by atoms with Crippen LogP contribution in [0.4, 0.5) is 5.82 Å². The summed E-state index contributed by atoms with van der Waals surface area (Å²) in [6.45, 7) is 0.235. The zero-order chi connectivity index (χ0) is 18.7. The van der Waals surface area contributed by atoms with Crippen LogP contribution in [0.2, 0.25) is 10.0 Å². The molecule has 0 N–H and O–H groups in total. The molecule has 0 amide bonds. The highest BCUT2D eigenvalue weighted by Crippen LogP contribution is 2.22. The fraction of sp³-hybridized carbons (Fsp3) is 0.0588. The van der Waals surface area contributed by atoms with E-state index in [1.165, 1.54) is 35.2 Å². The Balaban J connectivity index is 1.68. The number of rotatable bonds is 6. The number of allylic oxidation sites excluding steroid dienone is 1. The van der Waals surface area contributed by atoms with E-state index in [9.17, 15) is 14.9 Å². The SMILES string of the molecule is O=C(/C=C/c1ccc(Cn2ccc([N+](=O)[O-])n2)o1)c1ccc(Cl)cc1Cl. The van der Waals surface area contributed by atoms with Gasteiger partial charge < -0.3 is 14.5 Å². The highest BCUT2D eigenvalue weighted by Gasteiger charge is 2.12. The number of furan rings is 1. The number of hydrogen-bond donors (Lipinski definition) is 0. The van der Waals surface area contributed by atoms with Gasteiger partial charge in [0.2, 0.25) is 0 Å². The summed E-state index contributed by atoms with van der Waals surface area (Å²) in [7, 11) is 0. The van der Waals surface area contributed by atoms with Crippen molar-refractivity contribution >= 4 is 40.9 Å². The quantitative estimate of drug-likeness (QED) is 0.264. The number of halogens is 2. The lowest BCUT2D eigenvalue weighted by Crippen LogP contribution is -2.00. The molecule has 0 aliphatic heterocycles. The van der Waals surface area contributed by atoms with Gasteiger partial charge in [-0.2, -0.15) is 4.68 Å². The summed E-state index contributed by atoms with van der Waals surface area (Å²) in [4.78, 5) is 22.2. The second-order valence-corrected chi connectivity index (χ2v) is 6.10. The number of carbonyl (C=O) groups is 1. The van der Waals surface area contributed by atoms with Crippen molar-refractivity contribution in [3.05, 3.63) is 85.9 Å². The van der Waals surface area contributed by atoms with Gasteiger partial charge in [-0.25, -0.2) is 0 Å². The van der Waals surface area contributed by atoms with Gasteiger partial charge in [0.05, 0.1) is 22.4 Å². The molecule has 7 nitrogen and oxygen atoms in total. The number of benzene rings is 1. The maximum Gasteiger partial charge on any atom is 0.389 e. The van der Waals surface area contributed by atoms with Crippen LogP contribution in [0.15, 0.2) is 53.1 Å². The zero-order valence-electron chi connectivity index (χ0n) is 13.1. The molecule has 26 heavy (non-hydrogen) atoms. The molecule has 3 rings (SSSR count). The van der Waals surface area contributed by atoms with E-state index in [1.807, 2.05) is 0 Å². The van der Waals surface area contributed by atoms with E-state index >= 15 is 0 Å². The Morgan fingerprint density at radius 1 is 1.27 bits per heavy atom. The van der Waals surface area contributed by atoms with Gasteiger partial charge in [0.25, 0.3) is 0 Å². The standard InChI is InChI=1S/C17H11Cl2N3O4/c18-11-1-5-14(15(19)9-11)16(23)6-4-12-2-3-13(26-12)10-21-8-7-17(20-21)22(24)25/h1-9H,10H2/b6-4+. The predicted octanol–water partition coefficient (Wildman–Crippen LogP) is 4.64. The molecule has 0 aliphatic carbocycles. The van der Waals surface area contributed by atoms with Crippen molar-refractivity contribution < 1.29 is 14.1 Å². The fourth-order valence-corrected chi connectivity index (χ4v) is 2.70. The molecular weight excluding hydrogens is 381 g/mol. The minimum absolute atomic E-state index is 0.234.